The third kappa shape index (κ3) is 22.9. The lowest BCUT2D eigenvalue weighted by atomic mass is 10.0. The van der Waals surface area contributed by atoms with Crippen molar-refractivity contribution in [3.05, 3.63) is 231 Å². The number of ether oxygens (including phenoxy) is 4. The van der Waals surface area contributed by atoms with Crippen LogP contribution in [0.15, 0.2) is 174 Å². The standard InChI is InChI=1S/C29H28N2O6.C20H20N2O4S.C20H24O7S/c1-20-8-12-25(13-9-20)37-29(34)31(19-27(32)33)18-22-10-14-24(15-11-22)35-17-16-26-21(2)36-28(30-26)23-6-4-3-5-7-23;1-12-2-4-13(5-3-12)10-21-18(24)16-8-14(6-7-15(16)11-23)9-17-19(25)22-20(26)27-17;1-3-25-19(20(21)22)14-16-6-8-17(9-7-16)26-13-12-15-4-10-18(11-5-15)27-28(2,23)24/h3-15H,16-19H2,1-2H3,(H,32,33);2-8,17,23H,9-11H2,1H3,(H,21,24)(H,22,25,26);4-11,19H,3,12-14H2,1-2H3,(H,21,22)/t;;19-/m..1/s1. The molecular formula is C69H72N4O17S2. The number of hydrogen-bond donors (Lipinski definition) is 5. The van der Waals surface area contributed by atoms with Gasteiger partial charge in [0, 0.05) is 50.1 Å². The average molecular weight is 1290 g/mol. The van der Waals surface area contributed by atoms with E-state index in [1.165, 1.54) is 0 Å². The van der Waals surface area contributed by atoms with Crippen molar-refractivity contribution in [2.75, 3.05) is 32.6 Å². The number of nitrogens with zero attached hydrogens (tertiary/aromatic N) is 2. The highest BCUT2D eigenvalue weighted by atomic mass is 32.2. The number of aliphatic carboxylic acids is 2. The number of hydrogen-bond acceptors (Lipinski definition) is 17. The maximum Gasteiger partial charge on any atom is 0.416 e. The second-order valence-corrected chi connectivity index (χ2v) is 23.9. The minimum Gasteiger partial charge on any atom is -0.493 e. The fourth-order valence-corrected chi connectivity index (χ4v) is 10.3. The van der Waals surface area contributed by atoms with Gasteiger partial charge in [0.25, 0.3) is 11.1 Å². The van der Waals surface area contributed by atoms with Crippen molar-refractivity contribution in [2.45, 2.75) is 84.4 Å². The lowest BCUT2D eigenvalue weighted by Crippen LogP contribution is -2.37. The predicted octanol–water partition coefficient (Wildman–Crippen LogP) is 10.7. The number of oxazole rings is 1. The topological polar surface area (TPSA) is 297 Å². The molecule has 92 heavy (non-hydrogen) atoms. The first kappa shape index (κ1) is 69.7. The van der Waals surface area contributed by atoms with Gasteiger partial charge < -0.3 is 48.2 Å². The molecule has 1 aromatic heterocycles. The Morgan fingerprint density at radius 2 is 1.27 bits per heavy atom. The Morgan fingerprint density at radius 3 is 1.85 bits per heavy atom. The molecular weight excluding hydrogens is 1220 g/mol. The molecule has 2 heterocycles. The molecule has 1 aliphatic rings. The summed E-state index contributed by atoms with van der Waals surface area (Å²) in [5, 5.41) is 32.2. The van der Waals surface area contributed by atoms with Crippen LogP contribution >= 0.6 is 11.8 Å². The minimum absolute atomic E-state index is 0.0810. The first-order valence-electron chi connectivity index (χ1n) is 29.2. The number of nitrogens with one attached hydrogen (secondary N) is 2. The summed E-state index contributed by atoms with van der Waals surface area (Å²) in [5.74, 6) is 0.599. The van der Waals surface area contributed by atoms with Gasteiger partial charge in [-0.1, -0.05) is 126 Å². The van der Waals surface area contributed by atoms with Crippen LogP contribution in [0.25, 0.3) is 11.5 Å². The molecule has 4 amide bonds. The zero-order valence-electron chi connectivity index (χ0n) is 51.4. The number of carbonyl (C=O) groups is 6. The SMILES string of the molecule is CCO[C@H](Cc1ccc(OCCc2ccc(OS(C)(=O)=O)cc2)cc1)C(=O)O.Cc1ccc(CNC(=O)c2cc(CC3SC(=O)NC3=O)ccc2CO)cc1.Cc1ccc(OC(=O)N(CC(=O)O)Cc2ccc(OCCc3nc(-c4ccccc4)oc3C)cc2)cc1. The van der Waals surface area contributed by atoms with Crippen LogP contribution < -0.4 is 29.0 Å². The monoisotopic (exact) mass is 1290 g/mol. The molecule has 9 rings (SSSR count). The Labute approximate surface area is 537 Å². The highest BCUT2D eigenvalue weighted by Gasteiger charge is 2.32. The average Bonchev–Trinajstić information content (AvgIpc) is 1.51. The second-order valence-electron chi connectivity index (χ2n) is 21.1. The Hall–Kier alpha value is -9.81. The molecule has 0 aliphatic carbocycles. The van der Waals surface area contributed by atoms with E-state index >= 15 is 0 Å². The molecule has 21 nitrogen and oxygen atoms in total. The van der Waals surface area contributed by atoms with E-state index in [9.17, 15) is 47.4 Å². The molecule has 7 aromatic carbocycles. The van der Waals surface area contributed by atoms with Gasteiger partial charge in [0.2, 0.25) is 11.8 Å². The van der Waals surface area contributed by atoms with E-state index in [0.717, 1.165) is 78.9 Å². The van der Waals surface area contributed by atoms with Crippen LogP contribution in [-0.4, -0.2) is 113 Å². The van der Waals surface area contributed by atoms with Gasteiger partial charge in [-0.3, -0.25) is 29.4 Å². The first-order chi connectivity index (χ1) is 44.1. The lowest BCUT2D eigenvalue weighted by Gasteiger charge is -2.20. The molecule has 0 saturated carbocycles. The van der Waals surface area contributed by atoms with Gasteiger partial charge in [0.05, 0.1) is 37.0 Å². The number of amides is 4. The van der Waals surface area contributed by atoms with Crippen molar-refractivity contribution in [1.29, 1.82) is 0 Å². The van der Waals surface area contributed by atoms with E-state index in [-0.39, 0.29) is 36.0 Å². The van der Waals surface area contributed by atoms with Crippen molar-refractivity contribution in [2.24, 2.45) is 0 Å². The maximum absolute atomic E-state index is 12.6. The molecule has 2 atom stereocenters. The molecule has 0 bridgehead atoms. The molecule has 0 spiro atoms. The van der Waals surface area contributed by atoms with Crippen LogP contribution in [0.1, 0.15) is 73.2 Å². The highest BCUT2D eigenvalue weighted by molar-refractivity contribution is 8.15. The summed E-state index contributed by atoms with van der Waals surface area (Å²) in [6.45, 7) is 8.49. The Bertz CT molecular complexity index is 3870. The van der Waals surface area contributed by atoms with Crippen molar-refractivity contribution in [3.8, 4) is 34.5 Å². The number of benzene rings is 7. The van der Waals surface area contributed by atoms with E-state index < -0.39 is 46.0 Å². The number of aryl methyl sites for hydroxylation is 3. The molecule has 1 unspecified atom stereocenters. The summed E-state index contributed by atoms with van der Waals surface area (Å²) in [7, 11) is -3.53. The third-order valence-corrected chi connectivity index (χ3v) is 15.3. The molecule has 482 valence electrons. The number of imide groups is 1. The number of thioether (sulfide) groups is 1. The van der Waals surface area contributed by atoms with Crippen LogP contribution in [0.4, 0.5) is 9.59 Å². The van der Waals surface area contributed by atoms with Gasteiger partial charge in [-0.05, 0) is 134 Å². The van der Waals surface area contributed by atoms with E-state index in [1.54, 1.807) is 97.9 Å². The number of rotatable bonds is 27. The van der Waals surface area contributed by atoms with Gasteiger partial charge in [-0.2, -0.15) is 8.42 Å². The minimum atomic E-state index is -3.53. The number of carbonyl (C=O) groups excluding carboxylic acids is 4. The van der Waals surface area contributed by atoms with Gasteiger partial charge in [-0.15, -0.1) is 0 Å². The van der Waals surface area contributed by atoms with Crippen molar-refractivity contribution in [3.63, 3.8) is 0 Å². The van der Waals surface area contributed by atoms with Crippen molar-refractivity contribution >= 4 is 57.0 Å². The van der Waals surface area contributed by atoms with E-state index in [4.69, 9.17) is 32.7 Å². The summed E-state index contributed by atoms with van der Waals surface area (Å²) in [6, 6.07) is 50.8. The summed E-state index contributed by atoms with van der Waals surface area (Å²) in [6.07, 6.45) is 1.28. The van der Waals surface area contributed by atoms with Crippen LogP contribution in [0, 0.1) is 20.8 Å². The number of aliphatic hydroxyl groups is 1. The molecule has 23 heteroatoms. The van der Waals surface area contributed by atoms with Crippen molar-refractivity contribution in [1.82, 2.24) is 20.5 Å². The number of aliphatic hydroxyl groups excluding tert-OH is 1. The second kappa shape index (κ2) is 34.4. The molecule has 8 aromatic rings. The Kier molecular flexibility index (Phi) is 26.0. The smallest absolute Gasteiger partial charge is 0.416 e. The normalized spacial score (nSPS) is 12.8. The maximum atomic E-state index is 12.6. The Morgan fingerprint density at radius 1 is 0.707 bits per heavy atom. The zero-order chi connectivity index (χ0) is 66.2. The number of carboxylic acids is 2. The fraction of sp³-hybridized carbons (Fsp3) is 0.261. The molecule has 1 saturated heterocycles. The van der Waals surface area contributed by atoms with Gasteiger partial charge in [0.1, 0.15) is 35.3 Å². The van der Waals surface area contributed by atoms with Crippen LogP contribution in [-0.2, 0) is 74.6 Å². The zero-order valence-corrected chi connectivity index (χ0v) is 53.0. The van der Waals surface area contributed by atoms with Crippen molar-refractivity contribution < 1.29 is 80.1 Å². The summed E-state index contributed by atoms with van der Waals surface area (Å²) in [5.41, 5.74) is 9.15. The molecule has 5 N–H and O–H groups in total. The van der Waals surface area contributed by atoms with E-state index in [1.807, 2.05) is 99.6 Å². The summed E-state index contributed by atoms with van der Waals surface area (Å²) in [4.78, 5) is 76.4. The highest BCUT2D eigenvalue weighted by Crippen LogP contribution is 2.26. The van der Waals surface area contributed by atoms with Crippen LogP contribution in [0.3, 0.4) is 0 Å². The Balaban J connectivity index is 0.000000199. The van der Waals surface area contributed by atoms with Gasteiger partial charge >= 0.3 is 28.1 Å². The van der Waals surface area contributed by atoms with Crippen LogP contribution in [0.5, 0.6) is 23.0 Å². The fourth-order valence-electron chi connectivity index (χ4n) is 9.01. The largest absolute Gasteiger partial charge is 0.493 e. The molecule has 1 aliphatic heterocycles. The third-order valence-electron chi connectivity index (χ3n) is 13.8. The molecule has 0 radical (unpaired) electrons. The number of carboxylic acid groups (broad SMARTS) is 2. The quantitative estimate of drug-likeness (QED) is 0.0299. The first-order valence-corrected chi connectivity index (χ1v) is 31.9. The van der Waals surface area contributed by atoms with Gasteiger partial charge in [0.15, 0.2) is 6.10 Å². The van der Waals surface area contributed by atoms with Crippen LogP contribution in [0.2, 0.25) is 0 Å². The van der Waals surface area contributed by atoms with E-state index in [0.29, 0.717) is 86.3 Å². The number of aromatic nitrogens is 1. The van der Waals surface area contributed by atoms with Gasteiger partial charge in [-0.25, -0.2) is 14.6 Å². The van der Waals surface area contributed by atoms with E-state index in [2.05, 4.69) is 15.6 Å². The lowest BCUT2D eigenvalue weighted by molar-refractivity contribution is -0.150. The molecule has 1 fully saturated rings. The summed E-state index contributed by atoms with van der Waals surface area (Å²) < 4.78 is 54.9. The summed E-state index contributed by atoms with van der Waals surface area (Å²) >= 11 is 0.952. The predicted molar refractivity (Wildman–Crippen MR) is 345 cm³/mol.